The van der Waals surface area contributed by atoms with Gasteiger partial charge in [-0.1, -0.05) is 71.3 Å². The van der Waals surface area contributed by atoms with Crippen molar-refractivity contribution in [1.82, 2.24) is 0 Å². The molecule has 0 aromatic rings. The predicted molar refractivity (Wildman–Crippen MR) is 134 cm³/mol. The number of hydrogen-bond donors (Lipinski definition) is 0. The zero-order valence-electron chi connectivity index (χ0n) is 21.6. The lowest BCUT2D eigenvalue weighted by Gasteiger charge is -2.57. The Morgan fingerprint density at radius 2 is 1.64 bits per heavy atom. The zero-order valence-corrected chi connectivity index (χ0v) is 21.6. The summed E-state index contributed by atoms with van der Waals surface area (Å²) in [5.74, 6) is 2.49. The average Bonchev–Trinajstić information content (AvgIpc) is 3.12. The molecule has 4 rings (SSSR count). The van der Waals surface area contributed by atoms with Crippen LogP contribution in [0.1, 0.15) is 130 Å². The molecule has 0 spiro atoms. The van der Waals surface area contributed by atoms with Crippen molar-refractivity contribution in [2.45, 2.75) is 136 Å². The van der Waals surface area contributed by atoms with E-state index in [2.05, 4.69) is 20.8 Å². The van der Waals surface area contributed by atoms with Crippen molar-refractivity contribution in [2.24, 2.45) is 28.6 Å². The van der Waals surface area contributed by atoms with Crippen LogP contribution in [0, 0.1) is 28.6 Å². The van der Waals surface area contributed by atoms with Crippen LogP contribution in [-0.4, -0.2) is 17.9 Å². The molecule has 33 heavy (non-hydrogen) atoms. The maximum absolute atomic E-state index is 12.7. The summed E-state index contributed by atoms with van der Waals surface area (Å²) in [6, 6.07) is 0. The normalized spacial score (nSPS) is 37.7. The Kier molecular flexibility index (Phi) is 8.06. The third-order valence-corrected chi connectivity index (χ3v) is 10.4. The molecule has 0 unspecified atom stereocenters. The first-order valence-electron chi connectivity index (χ1n) is 14.3. The Morgan fingerprint density at radius 1 is 0.909 bits per heavy atom. The number of rotatable bonds is 10. The predicted octanol–water partition coefficient (Wildman–Crippen LogP) is 7.96. The molecular weight excluding hydrogens is 408 g/mol. The molecule has 0 radical (unpaired) electrons. The molecule has 3 nitrogen and oxygen atoms in total. The molecule has 0 aliphatic heterocycles. The maximum Gasteiger partial charge on any atom is 0.306 e. The SMILES string of the molecule is CCCCCCCCCCC(=O)O[C@@H]1CC[C@H]2[C@@H]3CCC4=CC(=O)CC[C@]4(C)[C@H]3CC[C@]12C. The third kappa shape index (κ3) is 5.13. The minimum atomic E-state index is 0.0431. The van der Waals surface area contributed by atoms with Gasteiger partial charge in [0.1, 0.15) is 6.10 Å². The molecular formula is C30H48O3. The van der Waals surface area contributed by atoms with Gasteiger partial charge >= 0.3 is 5.97 Å². The van der Waals surface area contributed by atoms with Gasteiger partial charge in [-0.05, 0) is 80.6 Å². The molecule has 0 amide bonds. The molecule has 0 aromatic carbocycles. The van der Waals surface area contributed by atoms with Gasteiger partial charge in [0.25, 0.3) is 0 Å². The Labute approximate surface area is 202 Å². The minimum absolute atomic E-state index is 0.0431. The lowest BCUT2D eigenvalue weighted by Crippen LogP contribution is -2.51. The van der Waals surface area contributed by atoms with E-state index in [0.717, 1.165) is 44.4 Å². The molecule has 4 aliphatic carbocycles. The molecule has 3 heteroatoms. The van der Waals surface area contributed by atoms with Gasteiger partial charge in [-0.2, -0.15) is 0 Å². The van der Waals surface area contributed by atoms with Crippen LogP contribution < -0.4 is 0 Å². The average molecular weight is 457 g/mol. The van der Waals surface area contributed by atoms with Crippen LogP contribution in [0.25, 0.3) is 0 Å². The first kappa shape index (κ1) is 25.0. The van der Waals surface area contributed by atoms with Crippen LogP contribution in [0.5, 0.6) is 0 Å². The van der Waals surface area contributed by atoms with Gasteiger partial charge in [0.2, 0.25) is 0 Å². The first-order chi connectivity index (χ1) is 15.9. The fourth-order valence-electron chi connectivity index (χ4n) is 8.33. The van der Waals surface area contributed by atoms with Crippen LogP contribution in [-0.2, 0) is 14.3 Å². The van der Waals surface area contributed by atoms with E-state index in [1.807, 2.05) is 6.08 Å². The highest BCUT2D eigenvalue weighted by Crippen LogP contribution is 2.65. The summed E-state index contributed by atoms with van der Waals surface area (Å²) in [4.78, 5) is 24.7. The maximum atomic E-state index is 12.7. The Morgan fingerprint density at radius 3 is 2.39 bits per heavy atom. The number of ether oxygens (including phenoxy) is 1. The lowest BCUT2D eigenvalue weighted by atomic mass is 9.47. The van der Waals surface area contributed by atoms with Crippen molar-refractivity contribution in [3.63, 3.8) is 0 Å². The monoisotopic (exact) mass is 456 g/mol. The number of hydrogen-bond acceptors (Lipinski definition) is 3. The Hall–Kier alpha value is -1.12. The molecule has 0 heterocycles. The van der Waals surface area contributed by atoms with E-state index in [-0.39, 0.29) is 22.9 Å². The van der Waals surface area contributed by atoms with Gasteiger partial charge in [0.15, 0.2) is 5.78 Å². The Bertz CT molecular complexity index is 739. The van der Waals surface area contributed by atoms with Gasteiger partial charge in [0.05, 0.1) is 0 Å². The third-order valence-electron chi connectivity index (χ3n) is 10.4. The molecule has 4 aliphatic rings. The summed E-state index contributed by atoms with van der Waals surface area (Å²) in [5, 5.41) is 0. The number of unbranched alkanes of at least 4 members (excludes halogenated alkanes) is 7. The summed E-state index contributed by atoms with van der Waals surface area (Å²) in [5.41, 5.74) is 1.82. The van der Waals surface area contributed by atoms with E-state index in [1.165, 1.54) is 69.8 Å². The summed E-state index contributed by atoms with van der Waals surface area (Å²) >= 11 is 0. The van der Waals surface area contributed by atoms with Gasteiger partial charge in [0, 0.05) is 18.3 Å². The fourth-order valence-corrected chi connectivity index (χ4v) is 8.33. The van der Waals surface area contributed by atoms with Crippen molar-refractivity contribution in [3.8, 4) is 0 Å². The standard InChI is InChI=1S/C30H48O3/c1-4-5-6-7-8-9-10-11-12-28(32)33-27-16-15-25-24-14-13-22-21-23(31)17-19-29(22,2)26(24)18-20-30(25,27)3/h21,24-27H,4-20H2,1-3H3/t24-,25-,26-,27+,29-,30-/m0/s1. The lowest BCUT2D eigenvalue weighted by molar-refractivity contribution is -0.160. The largest absolute Gasteiger partial charge is 0.462 e. The molecule has 3 saturated carbocycles. The van der Waals surface area contributed by atoms with Crippen molar-refractivity contribution < 1.29 is 14.3 Å². The van der Waals surface area contributed by atoms with Gasteiger partial charge < -0.3 is 4.74 Å². The molecule has 0 N–H and O–H groups in total. The Balaban J connectivity index is 1.27. The molecule has 0 aromatic heterocycles. The summed E-state index contributed by atoms with van der Waals surface area (Å²) in [7, 11) is 0. The highest BCUT2D eigenvalue weighted by atomic mass is 16.5. The highest BCUT2D eigenvalue weighted by Gasteiger charge is 2.59. The van der Waals surface area contributed by atoms with E-state index in [1.54, 1.807) is 0 Å². The number of carbonyl (C=O) groups is 2. The van der Waals surface area contributed by atoms with E-state index in [9.17, 15) is 9.59 Å². The van der Waals surface area contributed by atoms with Crippen LogP contribution in [0.15, 0.2) is 11.6 Å². The smallest absolute Gasteiger partial charge is 0.306 e. The van der Waals surface area contributed by atoms with E-state index < -0.39 is 0 Å². The minimum Gasteiger partial charge on any atom is -0.462 e. The topological polar surface area (TPSA) is 43.4 Å². The van der Waals surface area contributed by atoms with Crippen molar-refractivity contribution in [3.05, 3.63) is 11.6 Å². The van der Waals surface area contributed by atoms with Crippen LogP contribution in [0.4, 0.5) is 0 Å². The van der Waals surface area contributed by atoms with Crippen molar-refractivity contribution in [1.29, 1.82) is 0 Å². The van der Waals surface area contributed by atoms with Gasteiger partial charge in [-0.3, -0.25) is 9.59 Å². The molecule has 0 saturated heterocycles. The zero-order chi connectivity index (χ0) is 23.5. The van der Waals surface area contributed by atoms with Gasteiger partial charge in [-0.15, -0.1) is 0 Å². The molecule has 0 bridgehead atoms. The second kappa shape index (κ2) is 10.6. The molecule has 186 valence electrons. The van der Waals surface area contributed by atoms with E-state index in [0.29, 0.717) is 24.0 Å². The van der Waals surface area contributed by atoms with Crippen molar-refractivity contribution >= 4 is 11.8 Å². The quantitative estimate of drug-likeness (QED) is 0.247. The number of allylic oxidation sites excluding steroid dienone is 1. The van der Waals surface area contributed by atoms with Crippen molar-refractivity contribution in [2.75, 3.05) is 0 Å². The second-order valence-electron chi connectivity index (χ2n) is 12.3. The van der Waals surface area contributed by atoms with Gasteiger partial charge in [-0.25, -0.2) is 0 Å². The number of esters is 1. The van der Waals surface area contributed by atoms with E-state index >= 15 is 0 Å². The van der Waals surface area contributed by atoms with Crippen LogP contribution >= 0.6 is 0 Å². The second-order valence-corrected chi connectivity index (χ2v) is 12.3. The van der Waals surface area contributed by atoms with Crippen LogP contribution in [0.2, 0.25) is 0 Å². The molecule has 3 fully saturated rings. The molecule has 6 atom stereocenters. The first-order valence-corrected chi connectivity index (χ1v) is 14.3. The number of ketones is 1. The van der Waals surface area contributed by atoms with E-state index in [4.69, 9.17) is 4.74 Å². The summed E-state index contributed by atoms with van der Waals surface area (Å²) < 4.78 is 6.17. The highest BCUT2D eigenvalue weighted by molar-refractivity contribution is 5.91. The number of fused-ring (bicyclic) bond motifs is 5. The number of carbonyl (C=O) groups excluding carboxylic acids is 2. The summed E-state index contributed by atoms with van der Waals surface area (Å²) in [6.45, 7) is 7.13. The fraction of sp³-hybridized carbons (Fsp3) is 0.867. The van der Waals surface area contributed by atoms with Crippen LogP contribution in [0.3, 0.4) is 0 Å². The summed E-state index contributed by atoms with van der Waals surface area (Å²) in [6.07, 6.45) is 21.5.